The summed E-state index contributed by atoms with van der Waals surface area (Å²) in [5.41, 5.74) is 3.69. The van der Waals surface area contributed by atoms with Crippen LogP contribution in [-0.2, 0) is 4.84 Å². The summed E-state index contributed by atoms with van der Waals surface area (Å²) in [6.45, 7) is 3.88. The van der Waals surface area contributed by atoms with Gasteiger partial charge in [0.1, 0.15) is 0 Å². The molecule has 0 atom stereocenters. The maximum absolute atomic E-state index is 4.58. The Balaban J connectivity index is 3.17. The fraction of sp³-hybridized carbons (Fsp3) is 0.600. The van der Waals surface area contributed by atoms with Crippen molar-refractivity contribution in [3.05, 3.63) is 11.8 Å². The van der Waals surface area contributed by atoms with Crippen molar-refractivity contribution in [3.8, 4) is 0 Å². The van der Waals surface area contributed by atoms with Gasteiger partial charge in [0.2, 0.25) is 0 Å². The number of hydroxylamine groups is 1. The lowest BCUT2D eigenvalue weighted by Gasteiger charge is -1.98. The van der Waals surface area contributed by atoms with E-state index in [1.165, 1.54) is 0 Å². The molecule has 0 aliphatic rings. The third-order valence-corrected chi connectivity index (χ3v) is 0.696. The summed E-state index contributed by atoms with van der Waals surface area (Å²) in [5, 5.41) is 0. The molecule has 0 fully saturated rings. The molecule has 0 bridgehead atoms. The van der Waals surface area contributed by atoms with Crippen LogP contribution >= 0.6 is 0 Å². The van der Waals surface area contributed by atoms with E-state index < -0.39 is 0 Å². The van der Waals surface area contributed by atoms with Gasteiger partial charge in [0, 0.05) is 5.70 Å². The lowest BCUT2D eigenvalue weighted by molar-refractivity contribution is 0.118. The molecule has 0 amide bonds. The smallest absolute Gasteiger partial charge is 0.0636 e. The third kappa shape index (κ3) is 3.33. The molecular weight excluding hydrogens is 90.1 g/mol. The Hall–Kier alpha value is -0.500. The largest absolute Gasteiger partial charge is 0.280 e. The Kier molecular flexibility index (Phi) is 3.42. The standard InChI is InChI=1S/C5H11NO/c1-4-5(2)6-7-3/h4,6H,1-3H3. The first kappa shape index (κ1) is 6.50. The van der Waals surface area contributed by atoms with Crippen LogP contribution in [0.4, 0.5) is 0 Å². The quantitative estimate of drug-likeness (QED) is 0.525. The predicted molar refractivity (Wildman–Crippen MR) is 29.6 cm³/mol. The lowest BCUT2D eigenvalue weighted by atomic mass is 10.5. The summed E-state index contributed by atoms with van der Waals surface area (Å²) in [6, 6.07) is 0. The second kappa shape index (κ2) is 3.68. The van der Waals surface area contributed by atoms with Gasteiger partial charge in [0.25, 0.3) is 0 Å². The second-order valence-corrected chi connectivity index (χ2v) is 1.28. The van der Waals surface area contributed by atoms with Crippen molar-refractivity contribution in [2.45, 2.75) is 13.8 Å². The zero-order valence-electron chi connectivity index (χ0n) is 4.99. The Bertz CT molecular complexity index is 68.5. The highest BCUT2D eigenvalue weighted by molar-refractivity contribution is 4.88. The van der Waals surface area contributed by atoms with Gasteiger partial charge in [-0.1, -0.05) is 6.08 Å². The van der Waals surface area contributed by atoms with E-state index in [0.717, 1.165) is 5.70 Å². The van der Waals surface area contributed by atoms with Crippen molar-refractivity contribution in [1.29, 1.82) is 0 Å². The van der Waals surface area contributed by atoms with Crippen LogP contribution in [0, 0.1) is 0 Å². The molecule has 2 heteroatoms. The molecule has 0 saturated heterocycles. The maximum atomic E-state index is 4.58. The average molecular weight is 101 g/mol. The molecule has 0 radical (unpaired) electrons. The van der Waals surface area contributed by atoms with Crippen molar-refractivity contribution < 1.29 is 4.84 Å². The SMILES string of the molecule is CC=C(C)NOC. The van der Waals surface area contributed by atoms with Crippen LogP contribution in [-0.4, -0.2) is 7.11 Å². The lowest BCUT2D eigenvalue weighted by Crippen LogP contribution is -2.07. The summed E-state index contributed by atoms with van der Waals surface area (Å²) < 4.78 is 0. The Morgan fingerprint density at radius 2 is 2.29 bits per heavy atom. The zero-order chi connectivity index (χ0) is 5.70. The summed E-state index contributed by atoms with van der Waals surface area (Å²) in [5.74, 6) is 0. The zero-order valence-corrected chi connectivity index (χ0v) is 4.99. The van der Waals surface area contributed by atoms with Crippen molar-refractivity contribution in [1.82, 2.24) is 5.48 Å². The van der Waals surface area contributed by atoms with E-state index in [-0.39, 0.29) is 0 Å². The van der Waals surface area contributed by atoms with Crippen molar-refractivity contribution in [3.63, 3.8) is 0 Å². The monoisotopic (exact) mass is 101 g/mol. The first-order valence-corrected chi connectivity index (χ1v) is 2.23. The van der Waals surface area contributed by atoms with Gasteiger partial charge in [-0.2, -0.15) is 0 Å². The molecule has 0 aromatic rings. The number of nitrogens with one attached hydrogen (secondary N) is 1. The van der Waals surface area contributed by atoms with Gasteiger partial charge >= 0.3 is 0 Å². The second-order valence-electron chi connectivity index (χ2n) is 1.28. The summed E-state index contributed by atoms with van der Waals surface area (Å²) in [4.78, 5) is 4.58. The normalized spacial score (nSPS) is 11.6. The van der Waals surface area contributed by atoms with Crippen LogP contribution in [0.2, 0.25) is 0 Å². The van der Waals surface area contributed by atoms with E-state index in [4.69, 9.17) is 0 Å². The van der Waals surface area contributed by atoms with E-state index in [1.807, 2.05) is 19.9 Å². The van der Waals surface area contributed by atoms with Gasteiger partial charge < -0.3 is 0 Å². The highest BCUT2D eigenvalue weighted by atomic mass is 16.6. The van der Waals surface area contributed by atoms with Gasteiger partial charge in [-0.3, -0.25) is 10.3 Å². The van der Waals surface area contributed by atoms with Crippen molar-refractivity contribution in [2.75, 3.05) is 7.11 Å². The number of hydrogen-bond donors (Lipinski definition) is 1. The molecule has 2 nitrogen and oxygen atoms in total. The minimum absolute atomic E-state index is 1.03. The molecule has 42 valence electrons. The first-order valence-electron chi connectivity index (χ1n) is 2.23. The molecule has 0 aromatic heterocycles. The Morgan fingerprint density at radius 3 is 2.43 bits per heavy atom. The number of rotatable bonds is 2. The van der Waals surface area contributed by atoms with Crippen molar-refractivity contribution >= 4 is 0 Å². The molecule has 0 heterocycles. The molecule has 0 aliphatic heterocycles. The molecule has 7 heavy (non-hydrogen) atoms. The van der Waals surface area contributed by atoms with Crippen LogP contribution in [0.3, 0.4) is 0 Å². The van der Waals surface area contributed by atoms with Gasteiger partial charge in [-0.15, -0.1) is 0 Å². The molecule has 0 rings (SSSR count). The highest BCUT2D eigenvalue weighted by Gasteiger charge is 1.75. The molecule has 0 aromatic carbocycles. The predicted octanol–water partition coefficient (Wildman–Crippen LogP) is 1.06. The van der Waals surface area contributed by atoms with E-state index in [1.54, 1.807) is 7.11 Å². The van der Waals surface area contributed by atoms with Gasteiger partial charge in [0.15, 0.2) is 0 Å². The van der Waals surface area contributed by atoms with Gasteiger partial charge in [0.05, 0.1) is 7.11 Å². The summed E-state index contributed by atoms with van der Waals surface area (Å²) >= 11 is 0. The van der Waals surface area contributed by atoms with E-state index in [2.05, 4.69) is 10.3 Å². The topological polar surface area (TPSA) is 21.3 Å². The van der Waals surface area contributed by atoms with E-state index >= 15 is 0 Å². The van der Waals surface area contributed by atoms with E-state index in [9.17, 15) is 0 Å². The van der Waals surface area contributed by atoms with E-state index in [0.29, 0.717) is 0 Å². The highest BCUT2D eigenvalue weighted by Crippen LogP contribution is 1.80. The summed E-state index contributed by atoms with van der Waals surface area (Å²) in [7, 11) is 1.59. The molecular formula is C5H11NO. The number of allylic oxidation sites excluding steroid dienone is 2. The van der Waals surface area contributed by atoms with Crippen LogP contribution < -0.4 is 5.48 Å². The molecule has 0 aliphatic carbocycles. The summed E-state index contributed by atoms with van der Waals surface area (Å²) in [6.07, 6.45) is 1.93. The molecule has 1 N–H and O–H groups in total. The van der Waals surface area contributed by atoms with Crippen molar-refractivity contribution in [2.24, 2.45) is 0 Å². The number of hydrogen-bond acceptors (Lipinski definition) is 2. The van der Waals surface area contributed by atoms with Crippen LogP contribution in [0.25, 0.3) is 0 Å². The minimum atomic E-state index is 1.03. The third-order valence-electron chi connectivity index (χ3n) is 0.696. The van der Waals surface area contributed by atoms with Crippen LogP contribution in [0.15, 0.2) is 11.8 Å². The Morgan fingerprint density at radius 1 is 1.71 bits per heavy atom. The Labute approximate surface area is 44.1 Å². The molecule has 0 saturated carbocycles. The maximum Gasteiger partial charge on any atom is 0.0636 e. The van der Waals surface area contributed by atoms with Gasteiger partial charge in [-0.05, 0) is 13.8 Å². The fourth-order valence-corrected chi connectivity index (χ4v) is 0.220. The molecule has 0 spiro atoms. The van der Waals surface area contributed by atoms with Crippen LogP contribution in [0.5, 0.6) is 0 Å². The average Bonchev–Trinajstić information content (AvgIpc) is 1.68. The van der Waals surface area contributed by atoms with Gasteiger partial charge in [-0.25, -0.2) is 0 Å². The minimum Gasteiger partial charge on any atom is -0.280 e. The van der Waals surface area contributed by atoms with Crippen LogP contribution in [0.1, 0.15) is 13.8 Å². The first-order chi connectivity index (χ1) is 3.31. The fourth-order valence-electron chi connectivity index (χ4n) is 0.220. The molecule has 0 unspecified atom stereocenters.